The molecule has 0 spiro atoms. The fourth-order valence-electron chi connectivity index (χ4n) is 1.44. The van der Waals surface area contributed by atoms with E-state index in [1.54, 1.807) is 0 Å². The van der Waals surface area contributed by atoms with Crippen LogP contribution in [0.1, 0.15) is 24.2 Å². The Hall–Kier alpha value is -1.46. The normalized spacial score (nSPS) is 12.4. The minimum absolute atomic E-state index is 0.237. The van der Waals surface area contributed by atoms with Gasteiger partial charge in [-0.05, 0) is 36.2 Å². The van der Waals surface area contributed by atoms with Crippen molar-refractivity contribution in [1.29, 1.82) is 0 Å². The monoisotopic (exact) mass is 235 g/mol. The maximum absolute atomic E-state index is 6.07. The number of rotatable bonds is 4. The number of aromatic nitrogens is 2. The number of nitrogens with two attached hydrogens (primary N) is 1. The first-order valence-corrected chi connectivity index (χ1v) is 5.90. The quantitative estimate of drug-likeness (QED) is 0.880. The van der Waals surface area contributed by atoms with Gasteiger partial charge in [0.15, 0.2) is 0 Å². The van der Waals surface area contributed by atoms with E-state index in [9.17, 15) is 0 Å². The Morgan fingerprint density at radius 1 is 1.50 bits per heavy atom. The summed E-state index contributed by atoms with van der Waals surface area (Å²) in [6.07, 6.45) is 0. The maximum Gasteiger partial charge on any atom is 0.119 e. The second-order valence-corrected chi connectivity index (χ2v) is 3.92. The van der Waals surface area contributed by atoms with E-state index < -0.39 is 0 Å². The molecular formula is C11H13N3OS. The molecule has 0 amide bonds. The second-order valence-electron chi connectivity index (χ2n) is 3.31. The summed E-state index contributed by atoms with van der Waals surface area (Å²) in [7, 11) is 0. The van der Waals surface area contributed by atoms with Crippen LogP contribution in [0.15, 0.2) is 29.6 Å². The smallest absolute Gasteiger partial charge is 0.119 e. The zero-order chi connectivity index (χ0) is 11.4. The van der Waals surface area contributed by atoms with Crippen molar-refractivity contribution in [1.82, 2.24) is 9.59 Å². The first-order chi connectivity index (χ1) is 7.81. The molecule has 0 radical (unpaired) electrons. The molecule has 0 saturated carbocycles. The van der Waals surface area contributed by atoms with Crippen LogP contribution in [0.4, 0.5) is 0 Å². The zero-order valence-corrected chi connectivity index (χ0v) is 9.78. The topological polar surface area (TPSA) is 61.0 Å². The van der Waals surface area contributed by atoms with Crippen molar-refractivity contribution >= 4 is 11.5 Å². The fourth-order valence-corrected chi connectivity index (χ4v) is 1.93. The fraction of sp³-hybridized carbons (Fsp3) is 0.273. The zero-order valence-electron chi connectivity index (χ0n) is 8.96. The van der Waals surface area contributed by atoms with Gasteiger partial charge in [0.25, 0.3) is 0 Å². The van der Waals surface area contributed by atoms with Crippen LogP contribution in [-0.2, 0) is 0 Å². The molecule has 0 saturated heterocycles. The Morgan fingerprint density at radius 3 is 3.06 bits per heavy atom. The molecular weight excluding hydrogens is 222 g/mol. The molecule has 2 aromatic rings. The average molecular weight is 235 g/mol. The van der Waals surface area contributed by atoms with Gasteiger partial charge in [-0.3, -0.25) is 0 Å². The molecule has 1 heterocycles. The molecule has 1 aromatic heterocycles. The van der Waals surface area contributed by atoms with Gasteiger partial charge < -0.3 is 10.5 Å². The molecule has 84 valence electrons. The van der Waals surface area contributed by atoms with E-state index in [-0.39, 0.29) is 6.04 Å². The van der Waals surface area contributed by atoms with Crippen LogP contribution >= 0.6 is 11.5 Å². The lowest BCUT2D eigenvalue weighted by Crippen LogP contribution is -2.12. The van der Waals surface area contributed by atoms with Crippen LogP contribution in [0.3, 0.4) is 0 Å². The molecule has 4 nitrogen and oxygen atoms in total. The molecule has 0 aliphatic rings. The maximum atomic E-state index is 6.07. The van der Waals surface area contributed by atoms with E-state index >= 15 is 0 Å². The van der Waals surface area contributed by atoms with E-state index in [0.717, 1.165) is 17.0 Å². The van der Waals surface area contributed by atoms with Gasteiger partial charge in [0.2, 0.25) is 0 Å². The van der Waals surface area contributed by atoms with Gasteiger partial charge in [-0.15, -0.1) is 5.10 Å². The van der Waals surface area contributed by atoms with Gasteiger partial charge >= 0.3 is 0 Å². The highest BCUT2D eigenvalue weighted by atomic mass is 32.1. The van der Waals surface area contributed by atoms with Gasteiger partial charge in [0.05, 0.1) is 18.3 Å². The minimum Gasteiger partial charge on any atom is -0.494 e. The molecule has 0 fully saturated rings. The van der Waals surface area contributed by atoms with E-state index in [1.807, 2.05) is 36.6 Å². The summed E-state index contributed by atoms with van der Waals surface area (Å²) in [5, 5.41) is 5.83. The largest absolute Gasteiger partial charge is 0.494 e. The Labute approximate surface area is 98.2 Å². The number of benzene rings is 1. The van der Waals surface area contributed by atoms with Crippen LogP contribution < -0.4 is 10.5 Å². The summed E-state index contributed by atoms with van der Waals surface area (Å²) < 4.78 is 9.23. The first-order valence-electron chi connectivity index (χ1n) is 5.06. The molecule has 1 unspecified atom stereocenters. The third-order valence-electron chi connectivity index (χ3n) is 2.22. The number of hydrogen-bond acceptors (Lipinski definition) is 5. The van der Waals surface area contributed by atoms with Gasteiger partial charge in [0, 0.05) is 5.38 Å². The van der Waals surface area contributed by atoms with Crippen LogP contribution in [-0.4, -0.2) is 16.2 Å². The lowest BCUT2D eigenvalue weighted by atomic mass is 10.1. The van der Waals surface area contributed by atoms with Crippen LogP contribution in [0.2, 0.25) is 0 Å². The minimum atomic E-state index is -0.237. The van der Waals surface area contributed by atoms with E-state index in [2.05, 4.69) is 9.59 Å². The predicted octanol–water partition coefficient (Wildman–Crippen LogP) is 1.98. The number of nitrogens with zero attached hydrogens (tertiary/aromatic N) is 2. The van der Waals surface area contributed by atoms with Crippen LogP contribution in [0.25, 0.3) is 0 Å². The SMILES string of the molecule is CCOc1cccc(C(N)c2csnn2)c1. The summed E-state index contributed by atoms with van der Waals surface area (Å²) in [6, 6.07) is 7.51. The highest BCUT2D eigenvalue weighted by Crippen LogP contribution is 2.22. The Kier molecular flexibility index (Phi) is 3.48. The van der Waals surface area contributed by atoms with Gasteiger partial charge in [-0.1, -0.05) is 16.6 Å². The molecule has 5 heteroatoms. The van der Waals surface area contributed by atoms with Gasteiger partial charge in [-0.25, -0.2) is 0 Å². The molecule has 16 heavy (non-hydrogen) atoms. The highest BCUT2D eigenvalue weighted by Gasteiger charge is 2.12. The van der Waals surface area contributed by atoms with E-state index in [4.69, 9.17) is 10.5 Å². The van der Waals surface area contributed by atoms with Crippen LogP contribution in [0.5, 0.6) is 5.75 Å². The molecule has 1 aromatic carbocycles. The molecule has 2 N–H and O–H groups in total. The van der Waals surface area contributed by atoms with Crippen molar-refractivity contribution in [2.24, 2.45) is 5.73 Å². The summed E-state index contributed by atoms with van der Waals surface area (Å²) in [5.74, 6) is 0.832. The molecule has 0 aliphatic heterocycles. The van der Waals surface area contributed by atoms with Crippen molar-refractivity contribution in [2.75, 3.05) is 6.61 Å². The Morgan fingerprint density at radius 2 is 2.38 bits per heavy atom. The number of ether oxygens (including phenoxy) is 1. The lowest BCUT2D eigenvalue weighted by molar-refractivity contribution is 0.340. The molecule has 1 atom stereocenters. The van der Waals surface area contributed by atoms with E-state index in [0.29, 0.717) is 6.61 Å². The highest BCUT2D eigenvalue weighted by molar-refractivity contribution is 7.03. The Balaban J connectivity index is 2.23. The predicted molar refractivity (Wildman–Crippen MR) is 63.6 cm³/mol. The van der Waals surface area contributed by atoms with Crippen molar-refractivity contribution in [3.8, 4) is 5.75 Å². The van der Waals surface area contributed by atoms with Crippen molar-refractivity contribution < 1.29 is 4.74 Å². The van der Waals surface area contributed by atoms with Crippen molar-refractivity contribution in [2.45, 2.75) is 13.0 Å². The second kappa shape index (κ2) is 5.05. The number of hydrogen-bond donors (Lipinski definition) is 1. The van der Waals surface area contributed by atoms with Crippen molar-refractivity contribution in [3.63, 3.8) is 0 Å². The summed E-state index contributed by atoms with van der Waals surface area (Å²) in [6.45, 7) is 2.61. The third-order valence-corrected chi connectivity index (χ3v) is 2.75. The van der Waals surface area contributed by atoms with Crippen LogP contribution in [0, 0.1) is 0 Å². The summed E-state index contributed by atoms with van der Waals surface area (Å²) in [4.78, 5) is 0. The average Bonchev–Trinajstić information content (AvgIpc) is 2.82. The molecule has 0 bridgehead atoms. The molecule has 0 aliphatic carbocycles. The first kappa shape index (κ1) is 11.0. The van der Waals surface area contributed by atoms with Gasteiger partial charge in [-0.2, -0.15) is 0 Å². The summed E-state index contributed by atoms with van der Waals surface area (Å²) in [5.41, 5.74) is 7.85. The molecule has 2 rings (SSSR count). The lowest BCUT2D eigenvalue weighted by Gasteiger charge is -2.10. The van der Waals surface area contributed by atoms with E-state index in [1.165, 1.54) is 11.5 Å². The van der Waals surface area contributed by atoms with Gasteiger partial charge in [0.1, 0.15) is 5.75 Å². The summed E-state index contributed by atoms with van der Waals surface area (Å²) >= 11 is 1.30. The third kappa shape index (κ3) is 2.37. The Bertz CT molecular complexity index is 444. The standard InChI is InChI=1S/C11H13N3OS/c1-2-15-9-5-3-4-8(6-9)11(12)10-7-16-14-13-10/h3-7,11H,2,12H2,1H3. The van der Waals surface area contributed by atoms with Crippen molar-refractivity contribution in [3.05, 3.63) is 40.9 Å².